The summed E-state index contributed by atoms with van der Waals surface area (Å²) < 4.78 is 39.5. The Hall–Kier alpha value is -2.74. The number of hydrogen-bond donors (Lipinski definition) is 0. The average molecular weight is 475 g/mol. The molecule has 8 heteroatoms. The van der Waals surface area contributed by atoms with E-state index in [1.165, 1.54) is 28.8 Å². The normalized spacial score (nSPS) is 20.2. The number of alkyl halides is 3. The van der Waals surface area contributed by atoms with Crippen molar-refractivity contribution in [3.8, 4) is 0 Å². The zero-order valence-electron chi connectivity index (χ0n) is 18.3. The first-order chi connectivity index (χ1) is 15.8. The maximum atomic E-state index is 13.4. The number of hydrogen-bond acceptors (Lipinski definition) is 3. The molecular formula is C25H25F3N2O2S. The molecule has 1 fully saturated rings. The van der Waals surface area contributed by atoms with E-state index in [0.717, 1.165) is 42.7 Å². The summed E-state index contributed by atoms with van der Waals surface area (Å²) in [6, 6.07) is 12.4. The van der Waals surface area contributed by atoms with Crippen LogP contribution in [0.25, 0.3) is 0 Å². The fraction of sp³-hybridized carbons (Fsp3) is 0.360. The van der Waals surface area contributed by atoms with Gasteiger partial charge in [0.1, 0.15) is 0 Å². The van der Waals surface area contributed by atoms with E-state index >= 15 is 0 Å². The lowest BCUT2D eigenvalue weighted by Crippen LogP contribution is -2.43. The van der Waals surface area contributed by atoms with Gasteiger partial charge >= 0.3 is 6.18 Å². The van der Waals surface area contributed by atoms with E-state index in [0.29, 0.717) is 17.8 Å². The smallest absolute Gasteiger partial charge is 0.336 e. The summed E-state index contributed by atoms with van der Waals surface area (Å²) in [5.41, 5.74) is 0.236. The van der Waals surface area contributed by atoms with E-state index in [9.17, 15) is 22.8 Å². The van der Waals surface area contributed by atoms with Crippen molar-refractivity contribution in [3.05, 3.63) is 70.6 Å². The molecule has 0 bridgehead atoms. The van der Waals surface area contributed by atoms with Gasteiger partial charge in [-0.1, -0.05) is 43.0 Å². The molecule has 2 aromatic carbocycles. The fourth-order valence-electron chi connectivity index (χ4n) is 4.36. The maximum absolute atomic E-state index is 13.4. The summed E-state index contributed by atoms with van der Waals surface area (Å²) in [5, 5.41) is 0. The van der Waals surface area contributed by atoms with E-state index in [-0.39, 0.29) is 29.3 Å². The first kappa shape index (κ1) is 23.4. The highest BCUT2D eigenvalue weighted by atomic mass is 32.2. The third kappa shape index (κ3) is 5.11. The number of likely N-dealkylation sites (tertiary alicyclic amines) is 1. The topological polar surface area (TPSA) is 40.6 Å². The Morgan fingerprint density at radius 3 is 2.70 bits per heavy atom. The van der Waals surface area contributed by atoms with Crippen LogP contribution < -0.4 is 4.90 Å². The number of para-hydroxylation sites is 1. The predicted octanol–water partition coefficient (Wildman–Crippen LogP) is 6.02. The molecule has 33 heavy (non-hydrogen) atoms. The minimum Gasteiger partial charge on any atom is -0.336 e. The van der Waals surface area contributed by atoms with Gasteiger partial charge in [0.05, 0.1) is 22.7 Å². The number of carbonyl (C=O) groups excluding carboxylic acids is 2. The number of piperidine rings is 1. The van der Waals surface area contributed by atoms with Crippen LogP contribution in [0.3, 0.4) is 0 Å². The van der Waals surface area contributed by atoms with E-state index in [1.807, 2.05) is 17.0 Å². The first-order valence-corrected chi connectivity index (χ1v) is 11.9. The van der Waals surface area contributed by atoms with Gasteiger partial charge in [0, 0.05) is 23.6 Å². The molecular weight excluding hydrogens is 449 g/mol. The molecule has 0 aromatic heterocycles. The van der Waals surface area contributed by atoms with Crippen molar-refractivity contribution < 1.29 is 22.8 Å². The molecule has 2 aliphatic rings. The van der Waals surface area contributed by atoms with E-state index < -0.39 is 11.7 Å². The van der Waals surface area contributed by atoms with Crippen molar-refractivity contribution in [2.45, 2.75) is 56.3 Å². The number of thioether (sulfide) groups is 1. The summed E-state index contributed by atoms with van der Waals surface area (Å²) in [7, 11) is 0. The van der Waals surface area contributed by atoms with Gasteiger partial charge in [-0.25, -0.2) is 0 Å². The Morgan fingerprint density at radius 2 is 1.94 bits per heavy atom. The minimum atomic E-state index is -4.46. The molecule has 2 amide bonds. The number of amides is 2. The van der Waals surface area contributed by atoms with Gasteiger partial charge in [0.15, 0.2) is 0 Å². The van der Waals surface area contributed by atoms with Crippen LogP contribution in [-0.4, -0.2) is 29.3 Å². The molecule has 0 radical (unpaired) electrons. The number of carbonyl (C=O) groups is 2. The number of anilines is 1. The molecule has 2 heterocycles. The maximum Gasteiger partial charge on any atom is 0.416 e. The second-order valence-corrected chi connectivity index (χ2v) is 9.34. The SMILES string of the molecule is CC[C@H]1CCCCN1C(=O)/C=C1/Sc2ccccc2N(Cc2cccc(C(F)(F)F)c2)C1=O. The van der Waals surface area contributed by atoms with Crippen molar-refractivity contribution in [2.75, 3.05) is 11.4 Å². The van der Waals surface area contributed by atoms with E-state index in [4.69, 9.17) is 0 Å². The largest absolute Gasteiger partial charge is 0.416 e. The summed E-state index contributed by atoms with van der Waals surface area (Å²) in [5.74, 6) is -0.565. The molecule has 174 valence electrons. The van der Waals surface area contributed by atoms with E-state index in [1.54, 1.807) is 18.2 Å². The van der Waals surface area contributed by atoms with Crippen molar-refractivity contribution in [1.29, 1.82) is 0 Å². The number of fused-ring (bicyclic) bond motifs is 1. The Labute approximate surface area is 195 Å². The molecule has 1 atom stereocenters. The fourth-order valence-corrected chi connectivity index (χ4v) is 5.38. The lowest BCUT2D eigenvalue weighted by molar-refractivity contribution is -0.137. The van der Waals surface area contributed by atoms with Gasteiger partial charge in [-0.2, -0.15) is 13.2 Å². The summed E-state index contributed by atoms with van der Waals surface area (Å²) >= 11 is 1.23. The standard InChI is InChI=1S/C25H25F3N2O2S/c1-2-19-10-5-6-13-29(19)23(31)15-22-24(32)30(20-11-3-4-12-21(20)33-22)16-17-8-7-9-18(14-17)25(26,27)28/h3-4,7-9,11-12,14-15,19H,2,5-6,10,13,16H2,1H3/b22-15+/t19-/m0/s1. The van der Waals surface area contributed by atoms with E-state index in [2.05, 4.69) is 6.92 Å². The van der Waals surface area contributed by atoms with Crippen LogP contribution >= 0.6 is 11.8 Å². The van der Waals surface area contributed by atoms with Crippen LogP contribution in [0.2, 0.25) is 0 Å². The van der Waals surface area contributed by atoms with Crippen LogP contribution in [0.5, 0.6) is 0 Å². The van der Waals surface area contributed by atoms with Gasteiger partial charge in [0.25, 0.3) is 5.91 Å². The molecule has 4 nitrogen and oxygen atoms in total. The molecule has 2 aromatic rings. The Balaban J connectivity index is 1.65. The number of nitrogens with zero attached hydrogens (tertiary/aromatic N) is 2. The Kier molecular flexibility index (Phi) is 6.83. The van der Waals surface area contributed by atoms with Gasteiger partial charge < -0.3 is 9.80 Å². The first-order valence-electron chi connectivity index (χ1n) is 11.0. The second-order valence-electron chi connectivity index (χ2n) is 8.26. The van der Waals surface area contributed by atoms with Crippen LogP contribution in [0.1, 0.15) is 43.7 Å². The molecule has 0 N–H and O–H groups in total. The zero-order valence-corrected chi connectivity index (χ0v) is 19.1. The molecule has 0 aliphatic carbocycles. The number of halogens is 3. The number of benzene rings is 2. The molecule has 0 saturated carbocycles. The second kappa shape index (κ2) is 9.63. The van der Waals surface area contributed by atoms with Crippen molar-refractivity contribution in [2.24, 2.45) is 0 Å². The highest BCUT2D eigenvalue weighted by Crippen LogP contribution is 2.42. The molecule has 0 unspecified atom stereocenters. The van der Waals surface area contributed by atoms with Crippen molar-refractivity contribution >= 4 is 29.3 Å². The third-order valence-corrected chi connectivity index (χ3v) is 7.14. The summed E-state index contributed by atoms with van der Waals surface area (Å²) in [6.45, 7) is 2.70. The zero-order chi connectivity index (χ0) is 23.6. The molecule has 1 saturated heterocycles. The third-order valence-electron chi connectivity index (χ3n) is 6.06. The van der Waals surface area contributed by atoms with Crippen molar-refractivity contribution in [1.82, 2.24) is 4.90 Å². The van der Waals surface area contributed by atoms with Gasteiger partial charge in [0.2, 0.25) is 5.91 Å². The van der Waals surface area contributed by atoms with Gasteiger partial charge in [-0.3, -0.25) is 9.59 Å². The lowest BCUT2D eigenvalue weighted by Gasteiger charge is -2.35. The lowest BCUT2D eigenvalue weighted by atomic mass is 10.00. The van der Waals surface area contributed by atoms with Crippen LogP contribution in [0.4, 0.5) is 18.9 Å². The average Bonchev–Trinajstić information content (AvgIpc) is 2.81. The molecule has 4 rings (SSSR count). The van der Waals surface area contributed by atoms with Crippen LogP contribution in [0.15, 0.2) is 64.4 Å². The number of rotatable bonds is 4. The highest BCUT2D eigenvalue weighted by molar-refractivity contribution is 8.04. The monoisotopic (exact) mass is 474 g/mol. The van der Waals surface area contributed by atoms with Gasteiger partial charge in [-0.05, 0) is 55.5 Å². The van der Waals surface area contributed by atoms with Gasteiger partial charge in [-0.15, -0.1) is 0 Å². The van der Waals surface area contributed by atoms with Crippen molar-refractivity contribution in [3.63, 3.8) is 0 Å². The Morgan fingerprint density at radius 1 is 1.15 bits per heavy atom. The minimum absolute atomic E-state index is 0.0207. The summed E-state index contributed by atoms with van der Waals surface area (Å²) in [4.78, 5) is 30.8. The quantitative estimate of drug-likeness (QED) is 0.509. The predicted molar refractivity (Wildman–Crippen MR) is 123 cm³/mol. The van der Waals surface area contributed by atoms with Crippen LogP contribution in [-0.2, 0) is 22.3 Å². The highest BCUT2D eigenvalue weighted by Gasteiger charge is 2.33. The molecule has 0 spiro atoms. The molecule has 2 aliphatic heterocycles. The van der Waals surface area contributed by atoms with Crippen LogP contribution in [0, 0.1) is 0 Å². The summed E-state index contributed by atoms with van der Waals surface area (Å²) in [6.07, 6.45) is 0.784. The Bertz CT molecular complexity index is 1080.